The van der Waals surface area contributed by atoms with Gasteiger partial charge in [0.05, 0.1) is 19.7 Å². The zero-order chi connectivity index (χ0) is 16.8. The molecule has 7 heteroatoms. The van der Waals surface area contributed by atoms with Gasteiger partial charge in [0, 0.05) is 5.56 Å². The highest BCUT2D eigenvalue weighted by atomic mass is 16.5. The van der Waals surface area contributed by atoms with Crippen LogP contribution in [-0.4, -0.2) is 34.2 Å². The lowest BCUT2D eigenvalue weighted by atomic mass is 9.99. The molecule has 7 nitrogen and oxygen atoms in total. The van der Waals surface area contributed by atoms with Crippen molar-refractivity contribution in [1.29, 1.82) is 0 Å². The number of rotatable bonds is 7. The second-order valence-electron chi connectivity index (χ2n) is 5.46. The number of nitrogens with zero attached hydrogens (tertiary/aromatic N) is 2. The predicted octanol–water partition coefficient (Wildman–Crippen LogP) is 1.47. The Bertz CT molecular complexity index is 638. The summed E-state index contributed by atoms with van der Waals surface area (Å²) in [6.45, 7) is 4.24. The molecule has 23 heavy (non-hydrogen) atoms. The van der Waals surface area contributed by atoms with E-state index in [1.807, 2.05) is 38.1 Å². The molecule has 4 N–H and O–H groups in total. The van der Waals surface area contributed by atoms with E-state index in [1.165, 1.54) is 0 Å². The number of aromatic amines is 1. The molecule has 0 spiro atoms. The molecular formula is C16H23N5O2. The van der Waals surface area contributed by atoms with Crippen LogP contribution in [0.3, 0.4) is 0 Å². The summed E-state index contributed by atoms with van der Waals surface area (Å²) < 4.78 is 5.12. The largest absolute Gasteiger partial charge is 0.497 e. The number of nitrogens with two attached hydrogens (primary N) is 1. The number of carbonyl (C=O) groups is 1. The Morgan fingerprint density at radius 1 is 1.39 bits per heavy atom. The topological polar surface area (TPSA) is 106 Å². The van der Waals surface area contributed by atoms with Gasteiger partial charge in [0.2, 0.25) is 5.91 Å². The summed E-state index contributed by atoms with van der Waals surface area (Å²) in [6, 6.07) is 6.94. The van der Waals surface area contributed by atoms with Crippen molar-refractivity contribution in [2.24, 2.45) is 11.7 Å². The van der Waals surface area contributed by atoms with Crippen LogP contribution >= 0.6 is 0 Å². The quantitative estimate of drug-likeness (QED) is 0.717. The Morgan fingerprint density at radius 2 is 2.09 bits per heavy atom. The summed E-state index contributed by atoms with van der Waals surface area (Å²) in [5.74, 6) is 1.89. The molecule has 1 amide bonds. The summed E-state index contributed by atoms with van der Waals surface area (Å²) in [4.78, 5) is 16.3. The molecule has 0 aliphatic rings. The van der Waals surface area contributed by atoms with Gasteiger partial charge in [-0.3, -0.25) is 9.89 Å². The number of amides is 1. The standard InChI is InChI=1S/C16H23N5O2/c1-4-10(2)14(17)16(22)18-9-13-19-15(21-20-13)11-5-7-12(23-3)8-6-11/h5-8,10,14H,4,9,17H2,1-3H3,(H,18,22)(H,19,20,21). The molecule has 0 radical (unpaired) electrons. The van der Waals surface area contributed by atoms with Crippen molar-refractivity contribution in [2.45, 2.75) is 32.9 Å². The summed E-state index contributed by atoms with van der Waals surface area (Å²) in [5.41, 5.74) is 6.76. The van der Waals surface area contributed by atoms with Crippen molar-refractivity contribution in [3.8, 4) is 17.1 Å². The molecule has 0 saturated carbocycles. The van der Waals surface area contributed by atoms with Crippen molar-refractivity contribution in [2.75, 3.05) is 7.11 Å². The first-order valence-electron chi connectivity index (χ1n) is 7.64. The van der Waals surface area contributed by atoms with Crippen LogP contribution < -0.4 is 15.8 Å². The minimum Gasteiger partial charge on any atom is -0.497 e. The van der Waals surface area contributed by atoms with Gasteiger partial charge in [-0.2, -0.15) is 5.10 Å². The third-order valence-corrected chi connectivity index (χ3v) is 3.87. The van der Waals surface area contributed by atoms with Crippen LogP contribution in [0.15, 0.2) is 24.3 Å². The number of hydrogen-bond acceptors (Lipinski definition) is 5. The average Bonchev–Trinajstić information content (AvgIpc) is 3.07. The zero-order valence-corrected chi connectivity index (χ0v) is 13.7. The van der Waals surface area contributed by atoms with Crippen LogP contribution in [0, 0.1) is 5.92 Å². The van der Waals surface area contributed by atoms with Crippen LogP contribution in [0.2, 0.25) is 0 Å². The molecule has 0 aliphatic carbocycles. The van der Waals surface area contributed by atoms with Crippen LogP contribution in [0.4, 0.5) is 0 Å². The number of carbonyl (C=O) groups excluding carboxylic acids is 1. The minimum absolute atomic E-state index is 0.139. The Labute approximate surface area is 135 Å². The van der Waals surface area contributed by atoms with Crippen LogP contribution in [-0.2, 0) is 11.3 Å². The molecule has 2 unspecified atom stereocenters. The van der Waals surface area contributed by atoms with E-state index in [0.717, 1.165) is 17.7 Å². The summed E-state index contributed by atoms with van der Waals surface area (Å²) in [5, 5.41) is 9.76. The van der Waals surface area contributed by atoms with Crippen LogP contribution in [0.5, 0.6) is 5.75 Å². The van der Waals surface area contributed by atoms with Gasteiger partial charge in [-0.25, -0.2) is 4.98 Å². The van der Waals surface area contributed by atoms with Gasteiger partial charge in [-0.15, -0.1) is 0 Å². The highest BCUT2D eigenvalue weighted by Gasteiger charge is 2.19. The molecule has 0 fully saturated rings. The Morgan fingerprint density at radius 3 is 2.70 bits per heavy atom. The van der Waals surface area contributed by atoms with Gasteiger partial charge in [0.15, 0.2) is 5.82 Å². The number of benzene rings is 1. The number of ether oxygens (including phenoxy) is 1. The molecule has 0 aliphatic heterocycles. The number of nitrogens with one attached hydrogen (secondary N) is 2. The van der Waals surface area contributed by atoms with E-state index < -0.39 is 6.04 Å². The van der Waals surface area contributed by atoms with Crippen molar-refractivity contribution >= 4 is 5.91 Å². The third-order valence-electron chi connectivity index (χ3n) is 3.87. The van der Waals surface area contributed by atoms with Crippen LogP contribution in [0.1, 0.15) is 26.1 Å². The van der Waals surface area contributed by atoms with Gasteiger partial charge >= 0.3 is 0 Å². The predicted molar refractivity (Wildman–Crippen MR) is 87.6 cm³/mol. The van der Waals surface area contributed by atoms with Gasteiger partial charge in [0.25, 0.3) is 0 Å². The first kappa shape index (κ1) is 17.0. The van der Waals surface area contributed by atoms with E-state index >= 15 is 0 Å². The maximum atomic E-state index is 12.0. The molecule has 0 saturated heterocycles. The minimum atomic E-state index is -0.510. The van der Waals surface area contributed by atoms with Crippen LogP contribution in [0.25, 0.3) is 11.4 Å². The monoisotopic (exact) mass is 317 g/mol. The highest BCUT2D eigenvalue weighted by Crippen LogP contribution is 2.18. The lowest BCUT2D eigenvalue weighted by molar-refractivity contribution is -0.123. The van der Waals surface area contributed by atoms with Crippen molar-refractivity contribution in [3.05, 3.63) is 30.1 Å². The molecule has 2 rings (SSSR count). The Kier molecular flexibility index (Phi) is 5.70. The normalized spacial score (nSPS) is 13.4. The fourth-order valence-corrected chi connectivity index (χ4v) is 2.04. The van der Waals surface area contributed by atoms with Gasteiger partial charge in [-0.05, 0) is 30.2 Å². The molecule has 1 aromatic carbocycles. The first-order chi connectivity index (χ1) is 11.0. The second-order valence-corrected chi connectivity index (χ2v) is 5.46. The van der Waals surface area contributed by atoms with Gasteiger partial charge in [-0.1, -0.05) is 20.3 Å². The number of aromatic nitrogens is 3. The average molecular weight is 317 g/mol. The van der Waals surface area contributed by atoms with Crippen molar-refractivity contribution < 1.29 is 9.53 Å². The number of H-pyrrole nitrogens is 1. The van der Waals surface area contributed by atoms with Crippen molar-refractivity contribution in [3.63, 3.8) is 0 Å². The lowest BCUT2D eigenvalue weighted by Gasteiger charge is -2.17. The summed E-state index contributed by atoms with van der Waals surface area (Å²) >= 11 is 0. The third kappa shape index (κ3) is 4.29. The van der Waals surface area contributed by atoms with E-state index in [1.54, 1.807) is 7.11 Å². The lowest BCUT2D eigenvalue weighted by Crippen LogP contribution is -2.44. The molecule has 2 aromatic rings. The van der Waals surface area contributed by atoms with E-state index in [0.29, 0.717) is 11.6 Å². The highest BCUT2D eigenvalue weighted by molar-refractivity contribution is 5.81. The van der Waals surface area contributed by atoms with Gasteiger partial charge in [0.1, 0.15) is 11.6 Å². The molecule has 1 heterocycles. The molecule has 2 atom stereocenters. The van der Waals surface area contributed by atoms with E-state index in [4.69, 9.17) is 10.5 Å². The Hall–Kier alpha value is -2.41. The molecule has 1 aromatic heterocycles. The summed E-state index contributed by atoms with van der Waals surface area (Å²) in [6.07, 6.45) is 0.860. The maximum absolute atomic E-state index is 12.0. The van der Waals surface area contributed by atoms with Crippen molar-refractivity contribution in [1.82, 2.24) is 20.5 Å². The fourth-order valence-electron chi connectivity index (χ4n) is 2.04. The zero-order valence-electron chi connectivity index (χ0n) is 13.7. The molecular weight excluding hydrogens is 294 g/mol. The molecule has 124 valence electrons. The van der Waals surface area contributed by atoms with E-state index in [-0.39, 0.29) is 18.4 Å². The second kappa shape index (κ2) is 7.73. The number of hydrogen-bond donors (Lipinski definition) is 3. The molecule has 0 bridgehead atoms. The fraction of sp³-hybridized carbons (Fsp3) is 0.438. The SMILES string of the molecule is CCC(C)C(N)C(=O)NCc1nc(-c2ccc(OC)cc2)n[nH]1. The summed E-state index contributed by atoms with van der Waals surface area (Å²) in [7, 11) is 1.62. The van der Waals surface area contributed by atoms with E-state index in [2.05, 4.69) is 20.5 Å². The smallest absolute Gasteiger partial charge is 0.237 e. The first-order valence-corrected chi connectivity index (χ1v) is 7.64. The van der Waals surface area contributed by atoms with Gasteiger partial charge < -0.3 is 15.8 Å². The van der Waals surface area contributed by atoms with E-state index in [9.17, 15) is 4.79 Å². The number of methoxy groups -OCH3 is 1. The Balaban J connectivity index is 1.95. The maximum Gasteiger partial charge on any atom is 0.237 e.